The van der Waals surface area contributed by atoms with Gasteiger partial charge >= 0.3 is 5.97 Å². The zero-order valence-corrected chi connectivity index (χ0v) is 14.2. The van der Waals surface area contributed by atoms with Crippen molar-refractivity contribution in [3.8, 4) is 0 Å². The smallest absolute Gasteiger partial charge is 0.307 e. The number of carboxylic acid groups (broad SMARTS) is 1. The van der Waals surface area contributed by atoms with Crippen LogP contribution in [0.15, 0.2) is 60.9 Å². The van der Waals surface area contributed by atoms with Gasteiger partial charge in [-0.3, -0.25) is 14.6 Å². The third-order valence-electron chi connectivity index (χ3n) is 5.43. The van der Waals surface area contributed by atoms with E-state index in [9.17, 15) is 14.7 Å². The molecule has 2 bridgehead atoms. The van der Waals surface area contributed by atoms with Crippen molar-refractivity contribution < 1.29 is 14.7 Å². The first-order chi connectivity index (χ1) is 12.6. The highest BCUT2D eigenvalue weighted by atomic mass is 16.4. The third kappa shape index (κ3) is 3.12. The van der Waals surface area contributed by atoms with Gasteiger partial charge in [0.05, 0.1) is 11.8 Å². The second-order valence-electron chi connectivity index (χ2n) is 7.06. The normalized spacial score (nSPS) is 26.0. The summed E-state index contributed by atoms with van der Waals surface area (Å²) in [6, 6.07) is 11.6. The average molecular weight is 348 g/mol. The number of nitrogens with one attached hydrogen (secondary N) is 1. The molecule has 1 fully saturated rings. The molecule has 2 aliphatic carbocycles. The van der Waals surface area contributed by atoms with Gasteiger partial charge < -0.3 is 10.4 Å². The number of amides is 1. The molecule has 4 atom stereocenters. The van der Waals surface area contributed by atoms with E-state index in [4.69, 9.17) is 0 Å². The van der Waals surface area contributed by atoms with Crippen LogP contribution in [-0.4, -0.2) is 22.0 Å². The van der Waals surface area contributed by atoms with Crippen molar-refractivity contribution in [1.29, 1.82) is 0 Å². The van der Waals surface area contributed by atoms with E-state index in [0.717, 1.165) is 18.4 Å². The van der Waals surface area contributed by atoms with Crippen LogP contribution in [0.1, 0.15) is 17.5 Å². The van der Waals surface area contributed by atoms with E-state index in [1.807, 2.05) is 48.6 Å². The Hall–Kier alpha value is -2.95. The number of aromatic nitrogens is 1. The highest BCUT2D eigenvalue weighted by Gasteiger charge is 2.51. The number of fused-ring (bicyclic) bond motifs is 2. The Balaban J connectivity index is 1.43. The van der Waals surface area contributed by atoms with Crippen LogP contribution in [0.25, 0.3) is 0 Å². The van der Waals surface area contributed by atoms with E-state index in [1.54, 1.807) is 12.4 Å². The molecule has 0 saturated heterocycles. The molecule has 2 aliphatic rings. The maximum atomic E-state index is 12.7. The zero-order chi connectivity index (χ0) is 18.1. The summed E-state index contributed by atoms with van der Waals surface area (Å²) < 4.78 is 0. The van der Waals surface area contributed by atoms with Gasteiger partial charge in [-0.2, -0.15) is 0 Å². The molecule has 0 unspecified atom stereocenters. The lowest BCUT2D eigenvalue weighted by Crippen LogP contribution is -2.36. The lowest BCUT2D eigenvalue weighted by atomic mass is 9.82. The Labute approximate surface area is 151 Å². The number of carboxylic acids is 1. The van der Waals surface area contributed by atoms with Crippen molar-refractivity contribution in [2.24, 2.45) is 23.7 Å². The molecule has 0 radical (unpaired) electrons. The largest absolute Gasteiger partial charge is 0.481 e. The summed E-state index contributed by atoms with van der Waals surface area (Å²) >= 11 is 0. The van der Waals surface area contributed by atoms with Gasteiger partial charge in [0.1, 0.15) is 0 Å². The number of carbonyl (C=O) groups is 2. The molecule has 2 aromatic rings. The fourth-order valence-corrected chi connectivity index (χ4v) is 4.18. The quantitative estimate of drug-likeness (QED) is 0.814. The molecule has 5 heteroatoms. The van der Waals surface area contributed by atoms with Crippen LogP contribution in [0, 0.1) is 23.7 Å². The number of allylic oxidation sites excluding steroid dienone is 2. The summed E-state index contributed by atoms with van der Waals surface area (Å²) in [4.78, 5) is 28.3. The van der Waals surface area contributed by atoms with Crippen molar-refractivity contribution >= 4 is 17.6 Å². The van der Waals surface area contributed by atoms with Gasteiger partial charge in [-0.1, -0.05) is 24.3 Å². The molecule has 26 heavy (non-hydrogen) atoms. The number of hydrogen-bond donors (Lipinski definition) is 2. The van der Waals surface area contributed by atoms with Crippen LogP contribution < -0.4 is 5.32 Å². The van der Waals surface area contributed by atoms with Crippen LogP contribution in [0.5, 0.6) is 0 Å². The molecule has 5 nitrogen and oxygen atoms in total. The minimum absolute atomic E-state index is 0.0176. The first kappa shape index (κ1) is 16.5. The number of hydrogen-bond acceptors (Lipinski definition) is 3. The van der Waals surface area contributed by atoms with Crippen LogP contribution in [0.4, 0.5) is 5.69 Å². The van der Waals surface area contributed by atoms with E-state index < -0.39 is 17.8 Å². The molecule has 1 aromatic heterocycles. The molecule has 4 rings (SSSR count). The van der Waals surface area contributed by atoms with E-state index >= 15 is 0 Å². The molecule has 1 aromatic carbocycles. The number of nitrogens with zero attached hydrogens (tertiary/aromatic N) is 1. The first-order valence-electron chi connectivity index (χ1n) is 8.81. The highest BCUT2D eigenvalue weighted by molar-refractivity contribution is 5.96. The predicted octanol–water partition coefficient (Wildman–Crippen LogP) is 3.13. The van der Waals surface area contributed by atoms with E-state index in [2.05, 4.69) is 10.3 Å². The van der Waals surface area contributed by atoms with Gasteiger partial charge in [-0.15, -0.1) is 0 Å². The maximum Gasteiger partial charge on any atom is 0.307 e. The molecule has 2 N–H and O–H groups in total. The van der Waals surface area contributed by atoms with Gasteiger partial charge in [0.15, 0.2) is 0 Å². The van der Waals surface area contributed by atoms with Crippen LogP contribution in [0.2, 0.25) is 0 Å². The summed E-state index contributed by atoms with van der Waals surface area (Å²) in [6.45, 7) is 0. The van der Waals surface area contributed by atoms with Crippen molar-refractivity contribution in [1.82, 2.24) is 4.98 Å². The molecular formula is C21H20N2O3. The summed E-state index contributed by atoms with van der Waals surface area (Å²) in [5.74, 6) is -2.16. The zero-order valence-electron chi connectivity index (χ0n) is 14.2. The second kappa shape index (κ2) is 6.75. The highest BCUT2D eigenvalue weighted by Crippen LogP contribution is 2.48. The summed E-state index contributed by atoms with van der Waals surface area (Å²) in [5, 5.41) is 12.4. The van der Waals surface area contributed by atoms with Crippen molar-refractivity contribution in [3.05, 3.63) is 72.1 Å². The molecule has 132 valence electrons. The number of anilines is 1. The molecule has 1 saturated carbocycles. The average Bonchev–Trinajstić information content (AvgIpc) is 3.25. The first-order valence-corrected chi connectivity index (χ1v) is 8.81. The Kier molecular flexibility index (Phi) is 4.29. The lowest BCUT2D eigenvalue weighted by Gasteiger charge is -2.23. The van der Waals surface area contributed by atoms with Crippen molar-refractivity contribution in [2.75, 3.05) is 5.32 Å². The van der Waals surface area contributed by atoms with Gasteiger partial charge in [0.2, 0.25) is 5.91 Å². The number of rotatable bonds is 5. The fourth-order valence-electron chi connectivity index (χ4n) is 4.18. The van der Waals surface area contributed by atoms with Crippen LogP contribution in [-0.2, 0) is 16.0 Å². The van der Waals surface area contributed by atoms with E-state index in [1.165, 1.54) is 5.56 Å². The van der Waals surface area contributed by atoms with E-state index in [0.29, 0.717) is 5.69 Å². The lowest BCUT2D eigenvalue weighted by molar-refractivity contribution is -0.146. The van der Waals surface area contributed by atoms with Gasteiger partial charge in [0.25, 0.3) is 0 Å². The Morgan fingerprint density at radius 2 is 1.58 bits per heavy atom. The molecule has 1 amide bonds. The maximum absolute atomic E-state index is 12.7. The molecule has 0 aliphatic heterocycles. The molecular weight excluding hydrogens is 328 g/mol. The minimum atomic E-state index is -0.880. The van der Waals surface area contributed by atoms with Crippen LogP contribution in [0.3, 0.4) is 0 Å². The number of benzene rings is 1. The van der Waals surface area contributed by atoms with Crippen molar-refractivity contribution in [3.63, 3.8) is 0 Å². The SMILES string of the molecule is O=C(Nc1ccc(Cc2ccncc2)cc1)[C@@H]1[C@H](C(=O)O)[C@@H]2C=C[C@H]1C2. The van der Waals surface area contributed by atoms with Crippen LogP contribution >= 0.6 is 0 Å². The predicted molar refractivity (Wildman–Crippen MR) is 97.5 cm³/mol. The third-order valence-corrected chi connectivity index (χ3v) is 5.43. The number of pyridine rings is 1. The Morgan fingerprint density at radius 1 is 0.962 bits per heavy atom. The van der Waals surface area contributed by atoms with Gasteiger partial charge in [0, 0.05) is 18.1 Å². The Morgan fingerprint density at radius 3 is 2.23 bits per heavy atom. The minimum Gasteiger partial charge on any atom is -0.481 e. The fraction of sp³-hybridized carbons (Fsp3) is 0.286. The molecule has 1 heterocycles. The summed E-state index contributed by atoms with van der Waals surface area (Å²) in [7, 11) is 0. The van der Waals surface area contributed by atoms with Gasteiger partial charge in [-0.25, -0.2) is 0 Å². The van der Waals surface area contributed by atoms with E-state index in [-0.39, 0.29) is 17.7 Å². The van der Waals surface area contributed by atoms with Crippen molar-refractivity contribution in [2.45, 2.75) is 12.8 Å². The summed E-state index contributed by atoms with van der Waals surface area (Å²) in [6.07, 6.45) is 9.04. The second-order valence-corrected chi connectivity index (χ2v) is 7.06. The summed E-state index contributed by atoms with van der Waals surface area (Å²) in [5.41, 5.74) is 3.01. The number of aliphatic carboxylic acids is 1. The Bertz CT molecular complexity index is 845. The number of carbonyl (C=O) groups excluding carboxylic acids is 1. The molecule has 0 spiro atoms. The standard InChI is InChI=1S/C21H20N2O3/c24-20(18-15-3-4-16(12-15)19(18)21(25)26)23-17-5-1-13(2-6-17)11-14-7-9-22-10-8-14/h1-10,15-16,18-19H,11-12H2,(H,23,24)(H,25,26)/t15-,16+,18-,19+/m0/s1. The van der Waals surface area contributed by atoms with Gasteiger partial charge in [-0.05, 0) is 60.1 Å². The topological polar surface area (TPSA) is 79.3 Å². The monoisotopic (exact) mass is 348 g/mol.